The summed E-state index contributed by atoms with van der Waals surface area (Å²) in [5, 5.41) is 0. The number of nitrogens with zero attached hydrogens (tertiary/aromatic N) is 1. The molecule has 0 bridgehead atoms. The molecule has 2 heteroatoms. The Labute approximate surface area is 93.0 Å². The Balaban J connectivity index is 1.91. The highest BCUT2D eigenvalue weighted by molar-refractivity contribution is 5.83. The average molecular weight is 209 g/mol. The van der Waals surface area contributed by atoms with E-state index >= 15 is 0 Å². The molecule has 2 fully saturated rings. The molecule has 2 nitrogen and oxygen atoms in total. The lowest BCUT2D eigenvalue weighted by molar-refractivity contribution is -0.122. The van der Waals surface area contributed by atoms with Crippen molar-refractivity contribution in [2.24, 2.45) is 5.92 Å². The molecule has 86 valence electrons. The summed E-state index contributed by atoms with van der Waals surface area (Å²) in [7, 11) is 0. The molecule has 2 atom stereocenters. The summed E-state index contributed by atoms with van der Waals surface area (Å²) < 4.78 is 0. The van der Waals surface area contributed by atoms with Gasteiger partial charge in [0.05, 0.1) is 0 Å². The molecule has 0 N–H and O–H groups in total. The Hall–Kier alpha value is -0.370. The van der Waals surface area contributed by atoms with Crippen LogP contribution in [-0.4, -0.2) is 29.8 Å². The van der Waals surface area contributed by atoms with E-state index in [1.165, 1.54) is 38.8 Å². The van der Waals surface area contributed by atoms with Crippen molar-refractivity contribution in [3.05, 3.63) is 0 Å². The number of carbonyl (C=O) groups is 1. The molecule has 0 radical (unpaired) electrons. The minimum Gasteiger partial charge on any atom is -0.300 e. The van der Waals surface area contributed by atoms with Crippen LogP contribution < -0.4 is 0 Å². The summed E-state index contributed by atoms with van der Waals surface area (Å²) in [6, 6.07) is 0.603. The maximum absolute atomic E-state index is 11.8. The van der Waals surface area contributed by atoms with Crippen molar-refractivity contribution in [3.63, 3.8) is 0 Å². The zero-order valence-electron chi connectivity index (χ0n) is 9.87. The number of hydrogen-bond acceptors (Lipinski definition) is 2. The van der Waals surface area contributed by atoms with E-state index in [9.17, 15) is 4.79 Å². The SMILES string of the molecule is CCCCN1CCCC1C1CCCC1=O. The van der Waals surface area contributed by atoms with Crippen molar-refractivity contribution in [2.45, 2.75) is 57.9 Å². The first-order valence-electron chi connectivity index (χ1n) is 6.59. The molecule has 0 amide bonds. The largest absolute Gasteiger partial charge is 0.300 e. The molecule has 1 aliphatic heterocycles. The lowest BCUT2D eigenvalue weighted by Gasteiger charge is -2.28. The van der Waals surface area contributed by atoms with Gasteiger partial charge in [0.25, 0.3) is 0 Å². The minimum atomic E-state index is 0.393. The molecule has 2 unspecified atom stereocenters. The van der Waals surface area contributed by atoms with Crippen LogP contribution in [-0.2, 0) is 4.79 Å². The first-order chi connectivity index (χ1) is 7.33. The normalized spacial score (nSPS) is 32.7. The third kappa shape index (κ3) is 2.41. The molecular weight excluding hydrogens is 186 g/mol. The molecule has 0 aromatic rings. The molecule has 1 saturated carbocycles. The Morgan fingerprint density at radius 2 is 2.20 bits per heavy atom. The summed E-state index contributed by atoms with van der Waals surface area (Å²) >= 11 is 0. The average Bonchev–Trinajstić information content (AvgIpc) is 2.82. The van der Waals surface area contributed by atoms with E-state index in [0.29, 0.717) is 17.7 Å². The van der Waals surface area contributed by atoms with Crippen LogP contribution in [0, 0.1) is 5.92 Å². The van der Waals surface area contributed by atoms with Gasteiger partial charge in [0.2, 0.25) is 0 Å². The van der Waals surface area contributed by atoms with Gasteiger partial charge in [-0.25, -0.2) is 0 Å². The number of Topliss-reactive ketones (excluding diaryl/α,β-unsaturated/α-hetero) is 1. The van der Waals surface area contributed by atoms with Gasteiger partial charge in [-0.3, -0.25) is 9.69 Å². The quantitative estimate of drug-likeness (QED) is 0.709. The topological polar surface area (TPSA) is 20.3 Å². The Bertz CT molecular complexity index is 227. The van der Waals surface area contributed by atoms with Gasteiger partial charge in [-0.15, -0.1) is 0 Å². The number of unbranched alkanes of at least 4 members (excludes halogenated alkanes) is 1. The van der Waals surface area contributed by atoms with Gasteiger partial charge in [-0.2, -0.15) is 0 Å². The fraction of sp³-hybridized carbons (Fsp3) is 0.923. The highest BCUT2D eigenvalue weighted by atomic mass is 16.1. The molecule has 1 saturated heterocycles. The maximum atomic E-state index is 11.8. The van der Waals surface area contributed by atoms with Gasteiger partial charge in [0, 0.05) is 18.4 Å². The second-order valence-corrected chi connectivity index (χ2v) is 5.06. The van der Waals surface area contributed by atoms with Crippen LogP contribution in [0.25, 0.3) is 0 Å². The van der Waals surface area contributed by atoms with E-state index in [2.05, 4.69) is 11.8 Å². The highest BCUT2D eigenvalue weighted by Crippen LogP contribution is 2.33. The Kier molecular flexibility index (Phi) is 3.79. The van der Waals surface area contributed by atoms with E-state index < -0.39 is 0 Å². The Morgan fingerprint density at radius 1 is 1.33 bits per heavy atom. The van der Waals surface area contributed by atoms with Gasteiger partial charge >= 0.3 is 0 Å². The highest BCUT2D eigenvalue weighted by Gasteiger charge is 2.37. The Morgan fingerprint density at radius 3 is 2.87 bits per heavy atom. The number of carbonyl (C=O) groups excluding carboxylic acids is 1. The number of likely N-dealkylation sites (tertiary alicyclic amines) is 1. The lowest BCUT2D eigenvalue weighted by atomic mass is 9.95. The third-order valence-corrected chi connectivity index (χ3v) is 4.03. The van der Waals surface area contributed by atoms with Gasteiger partial charge < -0.3 is 0 Å². The molecule has 0 aromatic carbocycles. The first-order valence-corrected chi connectivity index (χ1v) is 6.59. The molecule has 0 spiro atoms. The zero-order chi connectivity index (χ0) is 10.7. The van der Waals surface area contributed by atoms with Crippen molar-refractivity contribution in [1.82, 2.24) is 4.90 Å². The summed E-state index contributed by atoms with van der Waals surface area (Å²) in [6.45, 7) is 4.69. The standard InChI is InChI=1S/C13H23NO/c1-2-3-9-14-10-5-7-12(14)11-6-4-8-13(11)15/h11-12H,2-10H2,1H3. The predicted molar refractivity (Wildman–Crippen MR) is 61.9 cm³/mol. The summed E-state index contributed by atoms with van der Waals surface area (Å²) in [5.41, 5.74) is 0. The molecule has 2 aliphatic rings. The van der Waals surface area contributed by atoms with Crippen molar-refractivity contribution in [1.29, 1.82) is 0 Å². The van der Waals surface area contributed by atoms with Crippen LogP contribution in [0.2, 0.25) is 0 Å². The van der Waals surface area contributed by atoms with Crippen molar-refractivity contribution in [2.75, 3.05) is 13.1 Å². The van der Waals surface area contributed by atoms with Crippen LogP contribution in [0.4, 0.5) is 0 Å². The molecular formula is C13H23NO. The molecule has 1 heterocycles. The van der Waals surface area contributed by atoms with E-state index in [-0.39, 0.29) is 0 Å². The van der Waals surface area contributed by atoms with Crippen LogP contribution in [0.5, 0.6) is 0 Å². The predicted octanol–water partition coefficient (Wildman–Crippen LogP) is 2.62. The lowest BCUT2D eigenvalue weighted by Crippen LogP contribution is -2.37. The van der Waals surface area contributed by atoms with Crippen molar-refractivity contribution in [3.8, 4) is 0 Å². The van der Waals surface area contributed by atoms with E-state index in [4.69, 9.17) is 0 Å². The second-order valence-electron chi connectivity index (χ2n) is 5.06. The fourth-order valence-electron chi connectivity index (χ4n) is 3.20. The fourth-order valence-corrected chi connectivity index (χ4v) is 3.20. The summed E-state index contributed by atoms with van der Waals surface area (Å²) in [6.07, 6.45) is 8.27. The van der Waals surface area contributed by atoms with E-state index in [0.717, 1.165) is 19.3 Å². The van der Waals surface area contributed by atoms with Gasteiger partial charge in [-0.1, -0.05) is 13.3 Å². The smallest absolute Gasteiger partial charge is 0.137 e. The summed E-state index contributed by atoms with van der Waals surface area (Å²) in [5.74, 6) is 0.938. The molecule has 0 aromatic heterocycles. The van der Waals surface area contributed by atoms with E-state index in [1.807, 2.05) is 0 Å². The first kappa shape index (κ1) is 11.1. The monoisotopic (exact) mass is 209 g/mol. The molecule has 15 heavy (non-hydrogen) atoms. The molecule has 2 rings (SSSR count). The summed E-state index contributed by atoms with van der Waals surface area (Å²) in [4.78, 5) is 14.3. The second kappa shape index (κ2) is 5.11. The number of hydrogen-bond donors (Lipinski definition) is 0. The van der Waals surface area contributed by atoms with Gasteiger partial charge in [0.1, 0.15) is 5.78 Å². The van der Waals surface area contributed by atoms with Crippen LogP contribution >= 0.6 is 0 Å². The molecule has 1 aliphatic carbocycles. The van der Waals surface area contributed by atoms with Crippen molar-refractivity contribution >= 4 is 5.78 Å². The number of rotatable bonds is 4. The van der Waals surface area contributed by atoms with Gasteiger partial charge in [-0.05, 0) is 45.2 Å². The van der Waals surface area contributed by atoms with Crippen LogP contribution in [0.1, 0.15) is 51.9 Å². The maximum Gasteiger partial charge on any atom is 0.137 e. The van der Waals surface area contributed by atoms with Crippen LogP contribution in [0.3, 0.4) is 0 Å². The minimum absolute atomic E-state index is 0.393. The van der Waals surface area contributed by atoms with Crippen molar-refractivity contribution < 1.29 is 4.79 Å². The van der Waals surface area contributed by atoms with Gasteiger partial charge in [0.15, 0.2) is 0 Å². The zero-order valence-corrected chi connectivity index (χ0v) is 9.87. The van der Waals surface area contributed by atoms with E-state index in [1.54, 1.807) is 0 Å². The number of ketones is 1. The third-order valence-electron chi connectivity index (χ3n) is 4.03. The van der Waals surface area contributed by atoms with Crippen LogP contribution in [0.15, 0.2) is 0 Å².